The highest BCUT2D eigenvalue weighted by Crippen LogP contribution is 2.22. The molecule has 1 heterocycles. The Bertz CT molecular complexity index is 454. The molecule has 0 amide bonds. The van der Waals surface area contributed by atoms with Crippen LogP contribution >= 0.6 is 0 Å². The molecule has 1 atom stereocenters. The number of rotatable bonds is 4. The van der Waals surface area contributed by atoms with E-state index in [4.69, 9.17) is 20.4 Å². The molecule has 5 heteroatoms. The van der Waals surface area contributed by atoms with E-state index in [2.05, 4.69) is 5.16 Å². The number of amidine groups is 1. The zero-order valence-corrected chi connectivity index (χ0v) is 11.1. The first kappa shape index (κ1) is 13.7. The third kappa shape index (κ3) is 3.61. The highest BCUT2D eigenvalue weighted by molar-refractivity contribution is 5.99. The van der Waals surface area contributed by atoms with Crippen LogP contribution < -0.4 is 10.5 Å². The second-order valence-corrected chi connectivity index (χ2v) is 4.78. The number of nitrogens with two attached hydrogens (primary N) is 1. The fourth-order valence-corrected chi connectivity index (χ4v) is 2.14. The lowest BCUT2D eigenvalue weighted by Crippen LogP contribution is -2.26. The quantitative estimate of drug-likeness (QED) is 0.377. The van der Waals surface area contributed by atoms with Crippen molar-refractivity contribution in [3.8, 4) is 5.75 Å². The largest absolute Gasteiger partial charge is 0.490 e. The molecule has 1 aromatic carbocycles. The fraction of sp³-hybridized carbons (Fsp3) is 0.500. The van der Waals surface area contributed by atoms with E-state index in [-0.39, 0.29) is 11.9 Å². The number of hydrogen-bond donors (Lipinski definition) is 2. The van der Waals surface area contributed by atoms with Gasteiger partial charge in [-0.15, -0.1) is 0 Å². The van der Waals surface area contributed by atoms with Crippen LogP contribution in [0.3, 0.4) is 0 Å². The lowest BCUT2D eigenvalue weighted by Gasteiger charge is -2.23. The Hall–Kier alpha value is -1.75. The standard InChI is InChI=1S/C14H20N2O3/c1-10-5-6-12(14(15)16-17)13(8-10)19-9-11-4-2-3-7-18-11/h5-6,8,11,17H,2-4,7,9H2,1H3,(H2,15,16). The molecule has 104 valence electrons. The predicted molar refractivity (Wildman–Crippen MR) is 72.8 cm³/mol. The molecule has 0 radical (unpaired) electrons. The summed E-state index contributed by atoms with van der Waals surface area (Å²) < 4.78 is 11.4. The monoisotopic (exact) mass is 264 g/mol. The summed E-state index contributed by atoms with van der Waals surface area (Å²) >= 11 is 0. The first-order valence-electron chi connectivity index (χ1n) is 6.53. The van der Waals surface area contributed by atoms with Gasteiger partial charge in [0, 0.05) is 6.61 Å². The molecule has 0 aliphatic carbocycles. The predicted octanol–water partition coefficient (Wildman–Crippen LogP) is 2.04. The van der Waals surface area contributed by atoms with Gasteiger partial charge < -0.3 is 20.4 Å². The summed E-state index contributed by atoms with van der Waals surface area (Å²) in [6.07, 6.45) is 3.45. The average Bonchev–Trinajstić information content (AvgIpc) is 2.45. The van der Waals surface area contributed by atoms with Crippen molar-refractivity contribution in [1.29, 1.82) is 0 Å². The molecular formula is C14H20N2O3. The van der Waals surface area contributed by atoms with Crippen LogP contribution in [0.4, 0.5) is 0 Å². The molecule has 1 unspecified atom stereocenters. The van der Waals surface area contributed by atoms with Crippen molar-refractivity contribution in [3.05, 3.63) is 29.3 Å². The average molecular weight is 264 g/mol. The molecule has 1 aliphatic heterocycles. The van der Waals surface area contributed by atoms with Gasteiger partial charge in [0.2, 0.25) is 0 Å². The van der Waals surface area contributed by atoms with Gasteiger partial charge in [-0.3, -0.25) is 0 Å². The first-order valence-corrected chi connectivity index (χ1v) is 6.53. The van der Waals surface area contributed by atoms with E-state index in [1.165, 1.54) is 6.42 Å². The van der Waals surface area contributed by atoms with Crippen LogP contribution in [0.5, 0.6) is 5.75 Å². The second kappa shape index (κ2) is 6.43. The molecule has 3 N–H and O–H groups in total. The molecule has 0 aromatic heterocycles. The maximum absolute atomic E-state index is 8.78. The maximum atomic E-state index is 8.78. The third-order valence-electron chi connectivity index (χ3n) is 3.22. The lowest BCUT2D eigenvalue weighted by atomic mass is 10.1. The summed E-state index contributed by atoms with van der Waals surface area (Å²) in [4.78, 5) is 0. The van der Waals surface area contributed by atoms with Crippen molar-refractivity contribution in [1.82, 2.24) is 0 Å². The number of benzene rings is 1. The van der Waals surface area contributed by atoms with Crippen LogP contribution in [0.1, 0.15) is 30.4 Å². The van der Waals surface area contributed by atoms with Gasteiger partial charge in [-0.2, -0.15) is 0 Å². The van der Waals surface area contributed by atoms with Gasteiger partial charge in [-0.1, -0.05) is 11.2 Å². The van der Waals surface area contributed by atoms with Crippen LogP contribution in [0.2, 0.25) is 0 Å². The number of ether oxygens (including phenoxy) is 2. The molecule has 2 rings (SSSR count). The Morgan fingerprint density at radius 3 is 3.05 bits per heavy atom. The molecule has 1 saturated heterocycles. The van der Waals surface area contributed by atoms with Crippen LogP contribution in [-0.2, 0) is 4.74 Å². The maximum Gasteiger partial charge on any atom is 0.173 e. The molecular weight excluding hydrogens is 244 g/mol. The molecule has 19 heavy (non-hydrogen) atoms. The Morgan fingerprint density at radius 1 is 1.53 bits per heavy atom. The van der Waals surface area contributed by atoms with Crippen molar-refractivity contribution < 1.29 is 14.7 Å². The van der Waals surface area contributed by atoms with E-state index in [0.717, 1.165) is 25.0 Å². The van der Waals surface area contributed by atoms with Crippen molar-refractivity contribution in [2.75, 3.05) is 13.2 Å². The Morgan fingerprint density at radius 2 is 2.37 bits per heavy atom. The van der Waals surface area contributed by atoms with E-state index >= 15 is 0 Å². The van der Waals surface area contributed by atoms with Gasteiger partial charge in [0.25, 0.3) is 0 Å². The summed E-state index contributed by atoms with van der Waals surface area (Å²) in [5, 5.41) is 11.8. The van der Waals surface area contributed by atoms with Crippen molar-refractivity contribution in [2.24, 2.45) is 10.9 Å². The third-order valence-corrected chi connectivity index (χ3v) is 3.22. The normalized spacial score (nSPS) is 20.3. The second-order valence-electron chi connectivity index (χ2n) is 4.78. The molecule has 0 bridgehead atoms. The van der Waals surface area contributed by atoms with Gasteiger partial charge >= 0.3 is 0 Å². The number of oxime groups is 1. The van der Waals surface area contributed by atoms with E-state index in [0.29, 0.717) is 17.9 Å². The van der Waals surface area contributed by atoms with E-state index < -0.39 is 0 Å². The number of hydrogen-bond acceptors (Lipinski definition) is 4. The topological polar surface area (TPSA) is 77.1 Å². The van der Waals surface area contributed by atoms with E-state index in [1.807, 2.05) is 19.1 Å². The Kier molecular flexibility index (Phi) is 4.63. The zero-order valence-electron chi connectivity index (χ0n) is 11.1. The highest BCUT2D eigenvalue weighted by Gasteiger charge is 2.16. The zero-order chi connectivity index (χ0) is 13.7. The fourth-order valence-electron chi connectivity index (χ4n) is 2.14. The Labute approximate surface area is 113 Å². The summed E-state index contributed by atoms with van der Waals surface area (Å²) in [6, 6.07) is 5.58. The first-order chi connectivity index (χ1) is 9.20. The van der Waals surface area contributed by atoms with Crippen molar-refractivity contribution in [2.45, 2.75) is 32.3 Å². The minimum absolute atomic E-state index is 0.0552. The molecule has 1 aliphatic rings. The van der Waals surface area contributed by atoms with Crippen LogP contribution in [-0.4, -0.2) is 30.4 Å². The van der Waals surface area contributed by atoms with Gasteiger partial charge in [0.1, 0.15) is 12.4 Å². The number of aryl methyl sites for hydroxylation is 1. The summed E-state index contributed by atoms with van der Waals surface area (Å²) in [6.45, 7) is 3.27. The summed E-state index contributed by atoms with van der Waals surface area (Å²) in [5.41, 5.74) is 7.31. The summed E-state index contributed by atoms with van der Waals surface area (Å²) in [5.74, 6) is 0.684. The molecule has 0 saturated carbocycles. The van der Waals surface area contributed by atoms with Crippen molar-refractivity contribution >= 4 is 5.84 Å². The van der Waals surface area contributed by atoms with Crippen LogP contribution in [0.15, 0.2) is 23.4 Å². The smallest absolute Gasteiger partial charge is 0.173 e. The minimum Gasteiger partial charge on any atom is -0.490 e. The van der Waals surface area contributed by atoms with Gasteiger partial charge in [-0.05, 0) is 43.9 Å². The summed E-state index contributed by atoms with van der Waals surface area (Å²) in [7, 11) is 0. The number of nitrogens with zero attached hydrogens (tertiary/aromatic N) is 1. The van der Waals surface area contributed by atoms with Crippen molar-refractivity contribution in [3.63, 3.8) is 0 Å². The molecule has 1 fully saturated rings. The molecule has 5 nitrogen and oxygen atoms in total. The van der Waals surface area contributed by atoms with E-state index in [1.54, 1.807) is 6.07 Å². The van der Waals surface area contributed by atoms with E-state index in [9.17, 15) is 0 Å². The van der Waals surface area contributed by atoms with Crippen LogP contribution in [0, 0.1) is 6.92 Å². The Balaban J connectivity index is 2.07. The minimum atomic E-state index is 0.0552. The lowest BCUT2D eigenvalue weighted by molar-refractivity contribution is -0.0111. The van der Waals surface area contributed by atoms with Gasteiger partial charge in [0.05, 0.1) is 11.7 Å². The molecule has 1 aromatic rings. The SMILES string of the molecule is Cc1ccc(C(N)=NO)c(OCC2CCCCO2)c1. The van der Waals surface area contributed by atoms with Crippen LogP contribution in [0.25, 0.3) is 0 Å². The molecule has 0 spiro atoms. The van der Waals surface area contributed by atoms with Gasteiger partial charge in [0.15, 0.2) is 5.84 Å². The highest BCUT2D eigenvalue weighted by atomic mass is 16.5. The van der Waals surface area contributed by atoms with Gasteiger partial charge in [-0.25, -0.2) is 0 Å².